The Hall–Kier alpha value is -1.00. The van der Waals surface area contributed by atoms with Gasteiger partial charge in [0.1, 0.15) is 0 Å². The summed E-state index contributed by atoms with van der Waals surface area (Å²) in [5.41, 5.74) is 0.909. The molecule has 0 atom stereocenters. The van der Waals surface area contributed by atoms with Gasteiger partial charge in [0.15, 0.2) is 0 Å². The third kappa shape index (κ3) is 2.47. The molecule has 1 saturated heterocycles. The third-order valence-corrected chi connectivity index (χ3v) is 2.00. The van der Waals surface area contributed by atoms with Gasteiger partial charge in [0, 0.05) is 13.1 Å². The Bertz CT molecular complexity index is 224. The van der Waals surface area contributed by atoms with Gasteiger partial charge in [-0.05, 0) is 12.8 Å². The molecule has 0 aliphatic carbocycles. The van der Waals surface area contributed by atoms with Crippen molar-refractivity contribution in [2.45, 2.75) is 19.0 Å². The average Bonchev–Trinajstić information content (AvgIpc) is 2.03. The Balaban J connectivity index is 2.55. The average molecular weight is 193 g/mol. The van der Waals surface area contributed by atoms with Crippen LogP contribution in [-0.4, -0.2) is 30.1 Å². The quantitative estimate of drug-likeness (QED) is 0.536. The van der Waals surface area contributed by atoms with E-state index in [1.807, 2.05) is 0 Å². The van der Waals surface area contributed by atoms with E-state index in [4.69, 9.17) is 0 Å². The molecule has 74 valence electrons. The summed E-state index contributed by atoms with van der Waals surface area (Å²) in [4.78, 5) is 11.5. The number of carbonyl (C=O) groups excluding carboxylic acids is 1. The summed E-state index contributed by atoms with van der Waals surface area (Å²) in [5, 5.41) is 0. The first-order valence-corrected chi connectivity index (χ1v) is 3.94. The number of amides is 1. The van der Waals surface area contributed by atoms with Crippen molar-refractivity contribution in [1.29, 1.82) is 0 Å². The van der Waals surface area contributed by atoms with Crippen molar-refractivity contribution in [3.63, 3.8) is 0 Å². The van der Waals surface area contributed by atoms with Gasteiger partial charge in [-0.15, -0.1) is 0 Å². The van der Waals surface area contributed by atoms with Gasteiger partial charge in [0.2, 0.25) is 0 Å². The number of halogens is 3. The number of rotatable bonds is 0. The first-order valence-electron chi connectivity index (χ1n) is 3.94. The summed E-state index contributed by atoms with van der Waals surface area (Å²) in [7, 11) is 0. The van der Waals surface area contributed by atoms with Gasteiger partial charge in [0.25, 0.3) is 0 Å². The van der Waals surface area contributed by atoms with Gasteiger partial charge >= 0.3 is 12.1 Å². The Morgan fingerprint density at radius 1 is 1.31 bits per heavy atom. The van der Waals surface area contributed by atoms with Crippen molar-refractivity contribution in [2.75, 3.05) is 13.1 Å². The first kappa shape index (κ1) is 10.1. The van der Waals surface area contributed by atoms with Gasteiger partial charge < -0.3 is 4.90 Å². The molecule has 0 spiro atoms. The highest BCUT2D eigenvalue weighted by Gasteiger charge is 2.42. The molecule has 1 aliphatic rings. The highest BCUT2D eigenvalue weighted by molar-refractivity contribution is 5.82. The summed E-state index contributed by atoms with van der Waals surface area (Å²) < 4.78 is 35.8. The number of nitrogens with zero attached hydrogens (tertiary/aromatic N) is 1. The largest absolute Gasteiger partial charge is 0.471 e. The van der Waals surface area contributed by atoms with Crippen LogP contribution >= 0.6 is 0 Å². The second-order valence-electron chi connectivity index (χ2n) is 3.04. The van der Waals surface area contributed by atoms with Gasteiger partial charge in [-0.3, -0.25) is 4.79 Å². The second-order valence-corrected chi connectivity index (χ2v) is 3.04. The minimum Gasteiger partial charge on any atom is -0.334 e. The lowest BCUT2D eigenvalue weighted by atomic mass is 10.1. The number of likely N-dealkylation sites (tertiary alicyclic amines) is 1. The van der Waals surface area contributed by atoms with Crippen LogP contribution in [-0.2, 0) is 4.79 Å². The Morgan fingerprint density at radius 3 is 2.15 bits per heavy atom. The maximum atomic E-state index is 11.9. The highest BCUT2D eigenvalue weighted by Crippen LogP contribution is 2.22. The molecule has 5 heteroatoms. The molecule has 0 unspecified atom stereocenters. The standard InChI is InChI=1S/C8H10F3NO/c1-6-2-4-12(5-3-6)7(13)8(9,10)11/h1-5H2. The molecule has 0 bridgehead atoms. The van der Waals surface area contributed by atoms with Gasteiger partial charge in [0.05, 0.1) is 0 Å². The summed E-state index contributed by atoms with van der Waals surface area (Å²) in [6.07, 6.45) is -3.79. The molecule has 13 heavy (non-hydrogen) atoms. The van der Waals surface area contributed by atoms with Gasteiger partial charge in [-0.1, -0.05) is 12.2 Å². The zero-order chi connectivity index (χ0) is 10.1. The van der Waals surface area contributed by atoms with Gasteiger partial charge in [-0.25, -0.2) is 0 Å². The number of piperidine rings is 1. The molecule has 0 saturated carbocycles. The van der Waals surface area contributed by atoms with E-state index >= 15 is 0 Å². The first-order chi connectivity index (χ1) is 5.91. The second kappa shape index (κ2) is 3.40. The van der Waals surface area contributed by atoms with Crippen molar-refractivity contribution in [3.8, 4) is 0 Å². The molecule has 0 aromatic rings. The van der Waals surface area contributed by atoms with Crippen molar-refractivity contribution in [3.05, 3.63) is 12.2 Å². The highest BCUT2D eigenvalue weighted by atomic mass is 19.4. The smallest absolute Gasteiger partial charge is 0.334 e. The lowest BCUT2D eigenvalue weighted by Crippen LogP contribution is -2.44. The van der Waals surface area contributed by atoms with Crippen LogP contribution in [0.3, 0.4) is 0 Å². The van der Waals surface area contributed by atoms with E-state index in [2.05, 4.69) is 6.58 Å². The molecule has 1 heterocycles. The summed E-state index contributed by atoms with van der Waals surface area (Å²) >= 11 is 0. The van der Waals surface area contributed by atoms with Crippen LogP contribution in [0.2, 0.25) is 0 Å². The fourth-order valence-corrected chi connectivity index (χ4v) is 1.21. The fourth-order valence-electron chi connectivity index (χ4n) is 1.21. The van der Waals surface area contributed by atoms with Gasteiger partial charge in [-0.2, -0.15) is 13.2 Å². The molecule has 2 nitrogen and oxygen atoms in total. The number of alkyl halides is 3. The summed E-state index contributed by atoms with van der Waals surface area (Å²) in [6, 6.07) is 0. The molecular weight excluding hydrogens is 183 g/mol. The van der Waals surface area contributed by atoms with Crippen LogP contribution in [0.15, 0.2) is 12.2 Å². The normalized spacial score (nSPS) is 19.0. The Labute approximate surface area is 74.0 Å². The topological polar surface area (TPSA) is 20.3 Å². The van der Waals surface area contributed by atoms with E-state index in [0.717, 1.165) is 10.5 Å². The van der Waals surface area contributed by atoms with Crippen LogP contribution in [0, 0.1) is 0 Å². The van der Waals surface area contributed by atoms with E-state index in [0.29, 0.717) is 12.8 Å². The van der Waals surface area contributed by atoms with Crippen LogP contribution in [0.5, 0.6) is 0 Å². The SMILES string of the molecule is C=C1CCN(C(=O)C(F)(F)F)CC1. The van der Waals surface area contributed by atoms with E-state index in [9.17, 15) is 18.0 Å². The zero-order valence-corrected chi connectivity index (χ0v) is 7.02. The van der Waals surface area contributed by atoms with E-state index in [1.54, 1.807) is 0 Å². The van der Waals surface area contributed by atoms with Crippen LogP contribution in [0.4, 0.5) is 13.2 Å². The molecular formula is C8H10F3NO. The summed E-state index contributed by atoms with van der Waals surface area (Å²) in [5.74, 6) is -1.74. The predicted molar refractivity (Wildman–Crippen MR) is 41.0 cm³/mol. The molecule has 0 radical (unpaired) electrons. The number of carbonyl (C=O) groups is 1. The third-order valence-electron chi connectivity index (χ3n) is 2.00. The molecule has 1 aliphatic heterocycles. The maximum Gasteiger partial charge on any atom is 0.471 e. The van der Waals surface area contributed by atoms with Crippen molar-refractivity contribution < 1.29 is 18.0 Å². The fraction of sp³-hybridized carbons (Fsp3) is 0.625. The van der Waals surface area contributed by atoms with Crippen LogP contribution < -0.4 is 0 Å². The van der Waals surface area contributed by atoms with Crippen LogP contribution in [0.1, 0.15) is 12.8 Å². The molecule has 1 amide bonds. The molecule has 1 rings (SSSR count). The predicted octanol–water partition coefficient (Wildman–Crippen LogP) is 1.73. The zero-order valence-electron chi connectivity index (χ0n) is 7.02. The number of hydrogen-bond acceptors (Lipinski definition) is 1. The minimum atomic E-state index is -4.74. The maximum absolute atomic E-state index is 11.9. The van der Waals surface area contributed by atoms with E-state index < -0.39 is 12.1 Å². The molecule has 0 aromatic carbocycles. The monoisotopic (exact) mass is 193 g/mol. The minimum absolute atomic E-state index is 0.136. The van der Waals surface area contributed by atoms with E-state index in [-0.39, 0.29) is 13.1 Å². The van der Waals surface area contributed by atoms with Crippen molar-refractivity contribution in [2.24, 2.45) is 0 Å². The number of hydrogen-bond donors (Lipinski definition) is 0. The van der Waals surface area contributed by atoms with Crippen molar-refractivity contribution >= 4 is 5.91 Å². The lowest BCUT2D eigenvalue weighted by Gasteiger charge is -2.28. The lowest BCUT2D eigenvalue weighted by molar-refractivity contribution is -0.185. The summed E-state index contributed by atoms with van der Waals surface area (Å²) in [6.45, 7) is 3.92. The Kier molecular flexibility index (Phi) is 2.63. The van der Waals surface area contributed by atoms with Crippen molar-refractivity contribution in [1.82, 2.24) is 4.90 Å². The van der Waals surface area contributed by atoms with Crippen LogP contribution in [0.25, 0.3) is 0 Å². The molecule has 0 aromatic heterocycles. The molecule has 1 fully saturated rings. The molecule has 0 N–H and O–H groups in total. The Morgan fingerprint density at radius 2 is 1.77 bits per heavy atom. The van der Waals surface area contributed by atoms with E-state index in [1.165, 1.54) is 0 Å².